The number of rotatable bonds is 5. The Morgan fingerprint density at radius 1 is 1.16 bits per heavy atom. The van der Waals surface area contributed by atoms with Gasteiger partial charge in [-0.3, -0.25) is 9.69 Å². The Bertz CT molecular complexity index is 724. The summed E-state index contributed by atoms with van der Waals surface area (Å²) in [5, 5.41) is 0. The van der Waals surface area contributed by atoms with Gasteiger partial charge < -0.3 is 9.64 Å². The number of aryl methyl sites for hydroxylation is 1. The minimum absolute atomic E-state index is 0.00626. The topological polar surface area (TPSA) is 45.7 Å². The third kappa shape index (κ3) is 4.37. The SMILES string of the molecule is CCOc1ncccc1C(=O)N1CCN(Cc2cccc(C)c2)CC1. The summed E-state index contributed by atoms with van der Waals surface area (Å²) in [6.07, 6.45) is 1.65. The number of piperazine rings is 1. The van der Waals surface area contributed by atoms with Gasteiger partial charge in [0, 0.05) is 38.9 Å². The number of ether oxygens (including phenoxy) is 1. The van der Waals surface area contributed by atoms with Gasteiger partial charge in [0.15, 0.2) is 0 Å². The first-order valence-electron chi connectivity index (χ1n) is 8.82. The standard InChI is InChI=1S/C20H25N3O2/c1-3-25-19-18(8-5-9-21-19)20(24)23-12-10-22(11-13-23)15-17-7-4-6-16(2)14-17/h4-9,14H,3,10-13,15H2,1-2H3. The summed E-state index contributed by atoms with van der Waals surface area (Å²) in [7, 11) is 0. The second kappa shape index (κ2) is 8.12. The normalized spacial score (nSPS) is 15.2. The number of pyridine rings is 1. The van der Waals surface area contributed by atoms with Crippen LogP contribution in [-0.4, -0.2) is 53.5 Å². The molecule has 1 amide bonds. The van der Waals surface area contributed by atoms with Crippen molar-refractivity contribution in [3.05, 3.63) is 59.3 Å². The molecule has 5 heteroatoms. The third-order valence-electron chi connectivity index (χ3n) is 4.43. The zero-order chi connectivity index (χ0) is 17.6. The Morgan fingerprint density at radius 2 is 1.96 bits per heavy atom. The maximum absolute atomic E-state index is 12.8. The van der Waals surface area contributed by atoms with Crippen LogP contribution in [0.1, 0.15) is 28.4 Å². The maximum atomic E-state index is 12.8. The first-order valence-corrected chi connectivity index (χ1v) is 8.82. The van der Waals surface area contributed by atoms with E-state index >= 15 is 0 Å². The molecule has 0 bridgehead atoms. The number of carbonyl (C=O) groups is 1. The molecular formula is C20H25N3O2. The largest absolute Gasteiger partial charge is 0.477 e. The first-order chi connectivity index (χ1) is 12.2. The van der Waals surface area contributed by atoms with E-state index in [4.69, 9.17) is 4.74 Å². The van der Waals surface area contributed by atoms with Crippen LogP contribution in [0.25, 0.3) is 0 Å². The lowest BCUT2D eigenvalue weighted by Gasteiger charge is -2.35. The molecule has 0 saturated carbocycles. The monoisotopic (exact) mass is 339 g/mol. The van der Waals surface area contributed by atoms with E-state index < -0.39 is 0 Å². The molecule has 0 spiro atoms. The van der Waals surface area contributed by atoms with Crippen molar-refractivity contribution in [3.63, 3.8) is 0 Å². The Labute approximate surface area is 149 Å². The number of carbonyl (C=O) groups excluding carboxylic acids is 1. The summed E-state index contributed by atoms with van der Waals surface area (Å²) in [6.45, 7) is 8.66. The Kier molecular flexibility index (Phi) is 5.66. The van der Waals surface area contributed by atoms with Crippen LogP contribution >= 0.6 is 0 Å². The molecule has 1 aromatic heterocycles. The molecule has 1 aromatic carbocycles. The molecule has 2 aromatic rings. The predicted molar refractivity (Wildman–Crippen MR) is 97.8 cm³/mol. The van der Waals surface area contributed by atoms with Crippen LogP contribution in [0.3, 0.4) is 0 Å². The van der Waals surface area contributed by atoms with Gasteiger partial charge in [-0.05, 0) is 31.5 Å². The van der Waals surface area contributed by atoms with E-state index in [1.54, 1.807) is 18.3 Å². The highest BCUT2D eigenvalue weighted by molar-refractivity contribution is 5.96. The lowest BCUT2D eigenvalue weighted by atomic mass is 10.1. The molecule has 5 nitrogen and oxygen atoms in total. The van der Waals surface area contributed by atoms with E-state index in [-0.39, 0.29) is 5.91 Å². The smallest absolute Gasteiger partial charge is 0.259 e. The summed E-state index contributed by atoms with van der Waals surface area (Å²) in [6, 6.07) is 12.2. The quantitative estimate of drug-likeness (QED) is 0.840. The van der Waals surface area contributed by atoms with Crippen molar-refractivity contribution in [2.24, 2.45) is 0 Å². The lowest BCUT2D eigenvalue weighted by Crippen LogP contribution is -2.48. The number of hydrogen-bond donors (Lipinski definition) is 0. The zero-order valence-corrected chi connectivity index (χ0v) is 14.9. The van der Waals surface area contributed by atoms with E-state index in [1.807, 2.05) is 11.8 Å². The van der Waals surface area contributed by atoms with Crippen LogP contribution in [0.4, 0.5) is 0 Å². The highest BCUT2D eigenvalue weighted by Crippen LogP contribution is 2.18. The van der Waals surface area contributed by atoms with Gasteiger partial charge in [0.25, 0.3) is 5.91 Å². The van der Waals surface area contributed by atoms with Crippen LogP contribution in [0, 0.1) is 6.92 Å². The van der Waals surface area contributed by atoms with Gasteiger partial charge in [0.05, 0.1) is 6.61 Å². The fourth-order valence-corrected chi connectivity index (χ4v) is 3.15. The molecule has 3 rings (SSSR count). The average Bonchev–Trinajstić information content (AvgIpc) is 2.63. The van der Waals surface area contributed by atoms with Gasteiger partial charge in [-0.2, -0.15) is 0 Å². The summed E-state index contributed by atoms with van der Waals surface area (Å²) < 4.78 is 5.49. The Balaban J connectivity index is 1.59. The van der Waals surface area contributed by atoms with Crippen molar-refractivity contribution >= 4 is 5.91 Å². The second-order valence-electron chi connectivity index (χ2n) is 6.35. The van der Waals surface area contributed by atoms with Crippen molar-refractivity contribution in [1.29, 1.82) is 0 Å². The lowest BCUT2D eigenvalue weighted by molar-refractivity contribution is 0.0623. The molecule has 1 aliphatic heterocycles. The van der Waals surface area contributed by atoms with E-state index in [2.05, 4.69) is 41.1 Å². The van der Waals surface area contributed by atoms with Crippen LogP contribution in [0.15, 0.2) is 42.6 Å². The highest BCUT2D eigenvalue weighted by atomic mass is 16.5. The van der Waals surface area contributed by atoms with Crippen molar-refractivity contribution in [1.82, 2.24) is 14.8 Å². The molecule has 0 N–H and O–H groups in total. The molecule has 1 fully saturated rings. The number of amides is 1. The first kappa shape index (κ1) is 17.4. The molecule has 0 aliphatic carbocycles. The molecule has 1 saturated heterocycles. The summed E-state index contributed by atoms with van der Waals surface area (Å²) in [4.78, 5) is 21.3. The van der Waals surface area contributed by atoms with Gasteiger partial charge in [-0.15, -0.1) is 0 Å². The fourth-order valence-electron chi connectivity index (χ4n) is 3.15. The van der Waals surface area contributed by atoms with Crippen LogP contribution in [0.2, 0.25) is 0 Å². The van der Waals surface area contributed by atoms with E-state index in [9.17, 15) is 4.79 Å². The Morgan fingerprint density at radius 3 is 2.68 bits per heavy atom. The molecule has 25 heavy (non-hydrogen) atoms. The number of benzene rings is 1. The Hall–Kier alpha value is -2.40. The van der Waals surface area contributed by atoms with Crippen LogP contribution < -0.4 is 4.74 Å². The highest BCUT2D eigenvalue weighted by Gasteiger charge is 2.24. The number of nitrogens with zero attached hydrogens (tertiary/aromatic N) is 3. The van der Waals surface area contributed by atoms with Gasteiger partial charge in [-0.25, -0.2) is 4.98 Å². The minimum Gasteiger partial charge on any atom is -0.477 e. The van der Waals surface area contributed by atoms with E-state index in [1.165, 1.54) is 11.1 Å². The van der Waals surface area contributed by atoms with Crippen molar-refractivity contribution < 1.29 is 9.53 Å². The van der Waals surface area contributed by atoms with Crippen LogP contribution in [-0.2, 0) is 6.54 Å². The maximum Gasteiger partial charge on any atom is 0.259 e. The van der Waals surface area contributed by atoms with E-state index in [0.717, 1.165) is 32.7 Å². The minimum atomic E-state index is 0.00626. The number of aromatic nitrogens is 1. The second-order valence-corrected chi connectivity index (χ2v) is 6.35. The number of hydrogen-bond acceptors (Lipinski definition) is 4. The molecule has 0 unspecified atom stereocenters. The molecule has 132 valence electrons. The molecular weight excluding hydrogens is 314 g/mol. The summed E-state index contributed by atoms with van der Waals surface area (Å²) in [5.41, 5.74) is 3.16. The van der Waals surface area contributed by atoms with Crippen molar-refractivity contribution in [2.75, 3.05) is 32.8 Å². The molecule has 2 heterocycles. The van der Waals surface area contributed by atoms with Gasteiger partial charge in [0.2, 0.25) is 5.88 Å². The van der Waals surface area contributed by atoms with Crippen molar-refractivity contribution in [3.8, 4) is 5.88 Å². The summed E-state index contributed by atoms with van der Waals surface area (Å²) >= 11 is 0. The molecule has 1 aliphatic rings. The van der Waals surface area contributed by atoms with Gasteiger partial charge in [0.1, 0.15) is 5.56 Å². The average molecular weight is 339 g/mol. The zero-order valence-electron chi connectivity index (χ0n) is 14.9. The molecule has 0 atom stereocenters. The van der Waals surface area contributed by atoms with Crippen molar-refractivity contribution in [2.45, 2.75) is 20.4 Å². The van der Waals surface area contributed by atoms with Gasteiger partial charge in [-0.1, -0.05) is 29.8 Å². The third-order valence-corrected chi connectivity index (χ3v) is 4.43. The van der Waals surface area contributed by atoms with Gasteiger partial charge >= 0.3 is 0 Å². The fraction of sp³-hybridized carbons (Fsp3) is 0.400. The molecule has 0 radical (unpaired) electrons. The van der Waals surface area contributed by atoms with E-state index in [0.29, 0.717) is 18.1 Å². The summed E-state index contributed by atoms with van der Waals surface area (Å²) in [5.74, 6) is 0.434. The van der Waals surface area contributed by atoms with Crippen LogP contribution in [0.5, 0.6) is 5.88 Å². The predicted octanol–water partition coefficient (Wildman–Crippen LogP) is 2.75.